The number of hydrogen-bond donors (Lipinski definition) is 1. The minimum atomic E-state index is -0.207. The quantitative estimate of drug-likeness (QED) is 0.818. The molecule has 0 radical (unpaired) electrons. The molecule has 0 saturated heterocycles. The molecule has 0 saturated carbocycles. The molecule has 0 spiro atoms. The summed E-state index contributed by atoms with van der Waals surface area (Å²) in [5.41, 5.74) is 0.963. The van der Waals surface area contributed by atoms with Gasteiger partial charge in [-0.1, -0.05) is 29.3 Å². The van der Waals surface area contributed by atoms with E-state index in [1.807, 2.05) is 13.1 Å². The van der Waals surface area contributed by atoms with E-state index in [4.69, 9.17) is 27.9 Å². The molecule has 1 rings (SSSR count). The summed E-state index contributed by atoms with van der Waals surface area (Å²) >= 11 is 11.9. The Hall–Kier alpha value is -0.770. The predicted octanol–water partition coefficient (Wildman–Crippen LogP) is 3.08. The second kappa shape index (κ2) is 7.62. The van der Waals surface area contributed by atoms with Crippen LogP contribution in [0, 0.1) is 0 Å². The Labute approximate surface area is 117 Å². The molecule has 5 heteroatoms. The molecule has 0 aromatic heterocycles. The van der Waals surface area contributed by atoms with Gasteiger partial charge in [0.15, 0.2) is 0 Å². The number of ether oxygens (including phenoxy) is 1. The molecule has 0 heterocycles. The van der Waals surface area contributed by atoms with Crippen molar-refractivity contribution >= 4 is 29.2 Å². The highest BCUT2D eigenvalue weighted by Gasteiger charge is 2.15. The molecule has 1 atom stereocenters. The predicted molar refractivity (Wildman–Crippen MR) is 74.3 cm³/mol. The van der Waals surface area contributed by atoms with E-state index in [1.54, 1.807) is 19.1 Å². The van der Waals surface area contributed by atoms with E-state index in [9.17, 15) is 4.79 Å². The molecule has 1 N–H and O–H groups in total. The van der Waals surface area contributed by atoms with Gasteiger partial charge in [0.25, 0.3) is 0 Å². The van der Waals surface area contributed by atoms with Crippen molar-refractivity contribution in [2.24, 2.45) is 0 Å². The summed E-state index contributed by atoms with van der Waals surface area (Å²) in [4.78, 5) is 11.4. The Kier molecular flexibility index (Phi) is 6.47. The van der Waals surface area contributed by atoms with Crippen molar-refractivity contribution in [1.29, 1.82) is 0 Å². The third-order valence-electron chi connectivity index (χ3n) is 2.61. The molecule has 0 bridgehead atoms. The van der Waals surface area contributed by atoms with Gasteiger partial charge < -0.3 is 10.1 Å². The SMILES string of the molecule is CCOC(=O)CC(Cc1ccc(Cl)cc1Cl)NC. The maximum atomic E-state index is 11.4. The van der Waals surface area contributed by atoms with Crippen molar-refractivity contribution in [2.75, 3.05) is 13.7 Å². The van der Waals surface area contributed by atoms with Crippen molar-refractivity contribution in [3.05, 3.63) is 33.8 Å². The number of nitrogens with one attached hydrogen (secondary N) is 1. The summed E-state index contributed by atoms with van der Waals surface area (Å²) < 4.78 is 4.93. The average Bonchev–Trinajstić information content (AvgIpc) is 2.31. The van der Waals surface area contributed by atoms with E-state index >= 15 is 0 Å². The molecule has 1 aromatic rings. The molecular formula is C13H17Cl2NO2. The van der Waals surface area contributed by atoms with Crippen molar-refractivity contribution in [3.8, 4) is 0 Å². The number of hydrogen-bond acceptors (Lipinski definition) is 3. The lowest BCUT2D eigenvalue weighted by molar-refractivity contribution is -0.143. The van der Waals surface area contributed by atoms with Crippen LogP contribution in [0.25, 0.3) is 0 Å². The third-order valence-corrected chi connectivity index (χ3v) is 3.20. The van der Waals surface area contributed by atoms with Crippen LogP contribution in [0.1, 0.15) is 18.9 Å². The first kappa shape index (κ1) is 15.3. The molecule has 0 aliphatic rings. The molecule has 18 heavy (non-hydrogen) atoms. The first-order valence-electron chi connectivity index (χ1n) is 5.83. The van der Waals surface area contributed by atoms with E-state index in [1.165, 1.54) is 0 Å². The monoisotopic (exact) mass is 289 g/mol. The standard InChI is InChI=1S/C13H17Cl2NO2/c1-3-18-13(17)8-11(16-2)6-9-4-5-10(14)7-12(9)15/h4-5,7,11,16H,3,6,8H2,1-2H3. The van der Waals surface area contributed by atoms with E-state index in [2.05, 4.69) is 5.32 Å². The second-order valence-electron chi connectivity index (χ2n) is 3.93. The lowest BCUT2D eigenvalue weighted by Crippen LogP contribution is -2.31. The van der Waals surface area contributed by atoms with Crippen LogP contribution in [0.4, 0.5) is 0 Å². The van der Waals surface area contributed by atoms with Crippen LogP contribution < -0.4 is 5.32 Å². The topological polar surface area (TPSA) is 38.3 Å². The second-order valence-corrected chi connectivity index (χ2v) is 4.78. The average molecular weight is 290 g/mol. The van der Waals surface area contributed by atoms with Gasteiger partial charge in [-0.3, -0.25) is 4.79 Å². The molecule has 100 valence electrons. The number of esters is 1. The fraction of sp³-hybridized carbons (Fsp3) is 0.462. The molecule has 1 unspecified atom stereocenters. The normalized spacial score (nSPS) is 12.2. The van der Waals surface area contributed by atoms with Gasteiger partial charge in [-0.25, -0.2) is 0 Å². The van der Waals surface area contributed by atoms with E-state index in [0.717, 1.165) is 5.56 Å². The van der Waals surface area contributed by atoms with Gasteiger partial charge in [-0.15, -0.1) is 0 Å². The summed E-state index contributed by atoms with van der Waals surface area (Å²) in [6, 6.07) is 5.37. The van der Waals surface area contributed by atoms with Crippen molar-refractivity contribution < 1.29 is 9.53 Å². The Morgan fingerprint density at radius 2 is 2.17 bits per heavy atom. The van der Waals surface area contributed by atoms with Gasteiger partial charge in [0, 0.05) is 16.1 Å². The molecular weight excluding hydrogens is 273 g/mol. The number of likely N-dealkylation sites (N-methyl/N-ethyl adjacent to an activating group) is 1. The maximum absolute atomic E-state index is 11.4. The minimum Gasteiger partial charge on any atom is -0.466 e. The number of benzene rings is 1. The Morgan fingerprint density at radius 1 is 1.44 bits per heavy atom. The van der Waals surface area contributed by atoms with Crippen LogP contribution in [-0.2, 0) is 16.0 Å². The van der Waals surface area contributed by atoms with E-state index < -0.39 is 0 Å². The Morgan fingerprint density at radius 3 is 2.72 bits per heavy atom. The van der Waals surface area contributed by atoms with E-state index in [-0.39, 0.29) is 12.0 Å². The number of carbonyl (C=O) groups is 1. The van der Waals surface area contributed by atoms with Gasteiger partial charge in [0.1, 0.15) is 0 Å². The highest BCUT2D eigenvalue weighted by atomic mass is 35.5. The first-order valence-corrected chi connectivity index (χ1v) is 6.59. The van der Waals surface area contributed by atoms with E-state index in [0.29, 0.717) is 29.5 Å². The van der Waals surface area contributed by atoms with Crippen LogP contribution in [0.3, 0.4) is 0 Å². The number of rotatable bonds is 6. The maximum Gasteiger partial charge on any atom is 0.307 e. The first-order chi connectivity index (χ1) is 8.56. The smallest absolute Gasteiger partial charge is 0.307 e. The van der Waals surface area contributed by atoms with Crippen molar-refractivity contribution in [3.63, 3.8) is 0 Å². The molecule has 0 aliphatic heterocycles. The zero-order chi connectivity index (χ0) is 13.5. The zero-order valence-electron chi connectivity index (χ0n) is 10.5. The van der Waals surface area contributed by atoms with Gasteiger partial charge >= 0.3 is 5.97 Å². The number of halogens is 2. The fourth-order valence-corrected chi connectivity index (χ4v) is 2.14. The van der Waals surface area contributed by atoms with Crippen LogP contribution in [0.2, 0.25) is 10.0 Å². The molecule has 1 aromatic carbocycles. The summed E-state index contributed by atoms with van der Waals surface area (Å²) in [6.07, 6.45) is 0.981. The summed E-state index contributed by atoms with van der Waals surface area (Å²) in [7, 11) is 1.81. The van der Waals surface area contributed by atoms with Gasteiger partial charge in [0.2, 0.25) is 0 Å². The largest absolute Gasteiger partial charge is 0.466 e. The summed E-state index contributed by atoms with van der Waals surface area (Å²) in [5.74, 6) is -0.207. The van der Waals surface area contributed by atoms with Crippen molar-refractivity contribution in [1.82, 2.24) is 5.32 Å². The van der Waals surface area contributed by atoms with Crippen LogP contribution in [0.15, 0.2) is 18.2 Å². The van der Waals surface area contributed by atoms with Gasteiger partial charge in [0.05, 0.1) is 13.0 Å². The summed E-state index contributed by atoms with van der Waals surface area (Å²) in [6.45, 7) is 2.19. The summed E-state index contributed by atoms with van der Waals surface area (Å²) in [5, 5.41) is 4.31. The van der Waals surface area contributed by atoms with Crippen LogP contribution >= 0.6 is 23.2 Å². The van der Waals surface area contributed by atoms with Crippen LogP contribution in [0.5, 0.6) is 0 Å². The van der Waals surface area contributed by atoms with Gasteiger partial charge in [-0.2, -0.15) is 0 Å². The molecule has 0 aliphatic carbocycles. The zero-order valence-corrected chi connectivity index (χ0v) is 12.0. The van der Waals surface area contributed by atoms with Crippen LogP contribution in [-0.4, -0.2) is 25.7 Å². The molecule has 0 fully saturated rings. The molecule has 3 nitrogen and oxygen atoms in total. The highest BCUT2D eigenvalue weighted by Crippen LogP contribution is 2.22. The third kappa shape index (κ3) is 4.84. The highest BCUT2D eigenvalue weighted by molar-refractivity contribution is 6.35. The van der Waals surface area contributed by atoms with Gasteiger partial charge in [-0.05, 0) is 38.1 Å². The fourth-order valence-electron chi connectivity index (χ4n) is 1.65. The lowest BCUT2D eigenvalue weighted by Gasteiger charge is -2.16. The Balaban J connectivity index is 2.65. The molecule has 0 amide bonds. The number of carbonyl (C=O) groups excluding carboxylic acids is 1. The lowest BCUT2D eigenvalue weighted by atomic mass is 10.0. The van der Waals surface area contributed by atoms with Crippen molar-refractivity contribution in [2.45, 2.75) is 25.8 Å². The Bertz CT molecular complexity index is 410. The minimum absolute atomic E-state index is 0.00252.